The van der Waals surface area contributed by atoms with Crippen LogP contribution in [0.3, 0.4) is 0 Å². The number of hydrogen-bond donors (Lipinski definition) is 3. The van der Waals surface area contributed by atoms with Crippen molar-refractivity contribution in [3.63, 3.8) is 0 Å². The molecule has 122 valence electrons. The maximum atomic E-state index is 11.6. The second kappa shape index (κ2) is 6.74. The average Bonchev–Trinajstić information content (AvgIpc) is 2.94. The van der Waals surface area contributed by atoms with E-state index in [-0.39, 0.29) is 0 Å². The van der Waals surface area contributed by atoms with Crippen LogP contribution in [0.1, 0.15) is 16.1 Å². The lowest BCUT2D eigenvalue weighted by Gasteiger charge is -2.13. The summed E-state index contributed by atoms with van der Waals surface area (Å²) in [6.07, 6.45) is 1.66. The predicted octanol–water partition coefficient (Wildman–Crippen LogP) is 3.51. The minimum Gasteiger partial charge on any atom is -0.293 e. The predicted molar refractivity (Wildman–Crippen MR) is 92.1 cm³/mol. The summed E-state index contributed by atoms with van der Waals surface area (Å²) in [6, 6.07) is 14.3. The molecule has 0 aliphatic rings. The van der Waals surface area contributed by atoms with Crippen molar-refractivity contribution in [1.82, 2.24) is 15.1 Å². The summed E-state index contributed by atoms with van der Waals surface area (Å²) in [5.41, 5.74) is 8.41. The molecule has 1 aromatic heterocycles. The van der Waals surface area contributed by atoms with Crippen LogP contribution in [0.5, 0.6) is 0 Å². The molecule has 0 unspecified atom stereocenters. The van der Waals surface area contributed by atoms with E-state index in [1.165, 1.54) is 0 Å². The molecular formula is C17H15ClN4O2. The number of aromatic nitrogens is 2. The number of amides is 1. The van der Waals surface area contributed by atoms with Gasteiger partial charge in [0, 0.05) is 16.1 Å². The van der Waals surface area contributed by atoms with Crippen LogP contribution in [0, 0.1) is 6.92 Å². The molecular weight excluding hydrogens is 328 g/mol. The van der Waals surface area contributed by atoms with Gasteiger partial charge in [-0.05, 0) is 37.3 Å². The Labute approximate surface area is 143 Å². The number of carbonyl (C=O) groups is 1. The fourth-order valence-electron chi connectivity index (χ4n) is 2.44. The number of aryl methyl sites for hydroxylation is 1. The highest BCUT2D eigenvalue weighted by atomic mass is 35.5. The van der Waals surface area contributed by atoms with Gasteiger partial charge in [0.15, 0.2) is 0 Å². The molecule has 24 heavy (non-hydrogen) atoms. The van der Waals surface area contributed by atoms with E-state index in [4.69, 9.17) is 16.8 Å². The number of imidazole rings is 1. The number of nitrogens with one attached hydrogen (secondary N) is 2. The molecule has 0 aliphatic carbocycles. The smallest absolute Gasteiger partial charge is 0.274 e. The third kappa shape index (κ3) is 3.24. The van der Waals surface area contributed by atoms with Crippen LogP contribution < -0.4 is 10.9 Å². The Hall–Kier alpha value is -2.83. The first-order valence-corrected chi connectivity index (χ1v) is 7.57. The normalized spacial score (nSPS) is 10.5. The molecule has 0 saturated carbocycles. The summed E-state index contributed by atoms with van der Waals surface area (Å²) in [4.78, 5) is 15.9. The molecule has 0 radical (unpaired) electrons. The monoisotopic (exact) mass is 342 g/mol. The summed E-state index contributed by atoms with van der Waals surface area (Å²) in [5, 5.41) is 9.42. The van der Waals surface area contributed by atoms with Gasteiger partial charge in [0.05, 0.1) is 17.1 Å². The van der Waals surface area contributed by atoms with Crippen molar-refractivity contribution in [3.05, 3.63) is 71.1 Å². The fourth-order valence-corrected chi connectivity index (χ4v) is 2.63. The summed E-state index contributed by atoms with van der Waals surface area (Å²) in [5.74, 6) is -0.566. The summed E-state index contributed by atoms with van der Waals surface area (Å²) >= 11 is 6.01. The Morgan fingerprint density at radius 3 is 2.75 bits per heavy atom. The van der Waals surface area contributed by atoms with Gasteiger partial charge < -0.3 is 0 Å². The molecule has 2 aromatic carbocycles. The molecule has 3 rings (SSSR count). The molecule has 1 amide bonds. The minimum atomic E-state index is -0.566. The van der Waals surface area contributed by atoms with E-state index in [1.807, 2.05) is 25.1 Å². The first-order valence-electron chi connectivity index (χ1n) is 7.20. The van der Waals surface area contributed by atoms with Crippen LogP contribution in [0.2, 0.25) is 5.02 Å². The van der Waals surface area contributed by atoms with Crippen LogP contribution in [0.25, 0.3) is 11.3 Å². The van der Waals surface area contributed by atoms with Crippen LogP contribution in [-0.4, -0.2) is 20.8 Å². The lowest BCUT2D eigenvalue weighted by atomic mass is 10.1. The molecule has 0 fully saturated rings. The molecule has 6 nitrogen and oxygen atoms in total. The van der Waals surface area contributed by atoms with Crippen LogP contribution in [0.15, 0.2) is 54.9 Å². The van der Waals surface area contributed by atoms with Gasteiger partial charge in [0.25, 0.3) is 5.91 Å². The summed E-state index contributed by atoms with van der Waals surface area (Å²) < 4.78 is 1.76. The molecule has 0 saturated heterocycles. The van der Waals surface area contributed by atoms with Crippen molar-refractivity contribution < 1.29 is 10.0 Å². The highest BCUT2D eigenvalue weighted by Crippen LogP contribution is 2.25. The highest BCUT2D eigenvalue weighted by molar-refractivity contribution is 6.30. The fraction of sp³-hybridized carbons (Fsp3) is 0.0588. The zero-order chi connectivity index (χ0) is 17.1. The second-order valence-corrected chi connectivity index (χ2v) is 5.63. The van der Waals surface area contributed by atoms with E-state index in [0.717, 1.165) is 22.6 Å². The van der Waals surface area contributed by atoms with E-state index in [9.17, 15) is 4.79 Å². The van der Waals surface area contributed by atoms with Crippen molar-refractivity contribution in [2.45, 2.75) is 6.92 Å². The van der Waals surface area contributed by atoms with Crippen LogP contribution in [0.4, 0.5) is 5.69 Å². The zero-order valence-corrected chi connectivity index (χ0v) is 13.6. The Morgan fingerprint density at radius 1 is 1.21 bits per heavy atom. The number of hydroxylamine groups is 1. The maximum Gasteiger partial charge on any atom is 0.274 e. The van der Waals surface area contributed by atoms with Gasteiger partial charge in [-0.3, -0.25) is 15.4 Å². The van der Waals surface area contributed by atoms with Crippen molar-refractivity contribution in [2.24, 2.45) is 0 Å². The molecule has 0 spiro atoms. The van der Waals surface area contributed by atoms with E-state index in [0.29, 0.717) is 10.6 Å². The van der Waals surface area contributed by atoms with Crippen molar-refractivity contribution >= 4 is 23.2 Å². The Bertz CT molecular complexity index is 892. The van der Waals surface area contributed by atoms with Crippen molar-refractivity contribution in [2.75, 3.05) is 5.43 Å². The largest absolute Gasteiger partial charge is 0.293 e. The van der Waals surface area contributed by atoms with E-state index in [1.54, 1.807) is 46.8 Å². The molecule has 3 N–H and O–H groups in total. The number of carbonyl (C=O) groups excluding carboxylic acids is 1. The van der Waals surface area contributed by atoms with Crippen molar-refractivity contribution in [3.8, 4) is 11.3 Å². The van der Waals surface area contributed by atoms with E-state index >= 15 is 0 Å². The highest BCUT2D eigenvalue weighted by Gasteiger charge is 2.13. The van der Waals surface area contributed by atoms with Crippen LogP contribution >= 0.6 is 11.6 Å². The standard InChI is InChI=1S/C17H15ClN4O2/c1-11-16(12-4-2-5-13(8-12)17(23)21-24)22(10-19-11)20-15-7-3-6-14(18)9-15/h2-10,20,24H,1H3,(H,21,23). The molecule has 7 heteroatoms. The molecule has 3 aromatic rings. The molecule has 0 bridgehead atoms. The van der Waals surface area contributed by atoms with E-state index < -0.39 is 5.91 Å². The zero-order valence-electron chi connectivity index (χ0n) is 12.8. The first kappa shape index (κ1) is 16.0. The number of halogens is 1. The Morgan fingerprint density at radius 2 is 2.00 bits per heavy atom. The quantitative estimate of drug-likeness (QED) is 0.501. The van der Waals surface area contributed by atoms with Crippen molar-refractivity contribution in [1.29, 1.82) is 0 Å². The topological polar surface area (TPSA) is 79.2 Å². The van der Waals surface area contributed by atoms with Gasteiger partial charge in [-0.1, -0.05) is 29.8 Å². The Kier molecular flexibility index (Phi) is 4.50. The van der Waals surface area contributed by atoms with Gasteiger partial charge in [-0.2, -0.15) is 0 Å². The third-order valence-corrected chi connectivity index (χ3v) is 3.76. The molecule has 0 aliphatic heterocycles. The first-order chi connectivity index (χ1) is 11.6. The SMILES string of the molecule is Cc1ncn(Nc2cccc(Cl)c2)c1-c1cccc(C(=O)NO)c1. The lowest BCUT2D eigenvalue weighted by molar-refractivity contribution is 0.0706. The average molecular weight is 343 g/mol. The Balaban J connectivity index is 2.00. The number of rotatable bonds is 4. The second-order valence-electron chi connectivity index (χ2n) is 5.19. The third-order valence-electron chi connectivity index (χ3n) is 3.52. The van der Waals surface area contributed by atoms with Gasteiger partial charge in [-0.15, -0.1) is 0 Å². The lowest BCUT2D eigenvalue weighted by Crippen LogP contribution is -2.18. The van der Waals surface area contributed by atoms with Gasteiger partial charge in [0.2, 0.25) is 0 Å². The summed E-state index contributed by atoms with van der Waals surface area (Å²) in [6.45, 7) is 1.88. The molecule has 0 atom stereocenters. The van der Waals surface area contributed by atoms with Crippen LogP contribution in [-0.2, 0) is 0 Å². The maximum absolute atomic E-state index is 11.6. The number of nitrogens with zero attached hydrogens (tertiary/aromatic N) is 2. The van der Waals surface area contributed by atoms with Gasteiger partial charge >= 0.3 is 0 Å². The summed E-state index contributed by atoms with van der Waals surface area (Å²) in [7, 11) is 0. The number of anilines is 1. The molecule has 1 heterocycles. The number of hydrogen-bond acceptors (Lipinski definition) is 4. The van der Waals surface area contributed by atoms with Gasteiger partial charge in [0.1, 0.15) is 6.33 Å². The minimum absolute atomic E-state index is 0.352. The van der Waals surface area contributed by atoms with Gasteiger partial charge in [-0.25, -0.2) is 15.1 Å². The number of benzene rings is 2. The van der Waals surface area contributed by atoms with E-state index in [2.05, 4.69) is 10.4 Å².